The summed E-state index contributed by atoms with van der Waals surface area (Å²) in [6, 6.07) is 21.3. The van der Waals surface area contributed by atoms with Gasteiger partial charge in [-0.25, -0.2) is 8.42 Å². The van der Waals surface area contributed by atoms with Crippen molar-refractivity contribution in [2.75, 3.05) is 22.0 Å². The third-order valence-corrected chi connectivity index (χ3v) is 5.91. The van der Waals surface area contributed by atoms with Crippen LogP contribution in [0.2, 0.25) is 0 Å². The predicted molar refractivity (Wildman–Crippen MR) is 126 cm³/mol. The Labute approximate surface area is 182 Å². The van der Waals surface area contributed by atoms with Crippen molar-refractivity contribution >= 4 is 44.4 Å². The fourth-order valence-electron chi connectivity index (χ4n) is 2.78. The monoisotopic (exact) mass is 441 g/mol. The van der Waals surface area contributed by atoms with Gasteiger partial charge >= 0.3 is 0 Å². The highest BCUT2D eigenvalue weighted by atomic mass is 32.2. The van der Waals surface area contributed by atoms with Gasteiger partial charge in [0.1, 0.15) is 5.75 Å². The van der Waals surface area contributed by atoms with Gasteiger partial charge in [-0.15, -0.1) is 0 Å². The maximum atomic E-state index is 12.8. The van der Waals surface area contributed by atoms with Crippen molar-refractivity contribution in [1.82, 2.24) is 0 Å². The zero-order chi connectivity index (χ0) is 21.6. The summed E-state index contributed by atoms with van der Waals surface area (Å²) in [5.41, 5.74) is 2.50. The van der Waals surface area contributed by atoms with Gasteiger partial charge < -0.3 is 15.4 Å². The van der Waals surface area contributed by atoms with Crippen molar-refractivity contribution in [3.8, 4) is 5.75 Å². The molecule has 3 aromatic carbocycles. The highest BCUT2D eigenvalue weighted by Gasteiger charge is 2.18. The molecular formula is C22H23N3O3S2. The minimum atomic E-state index is -3.74. The van der Waals surface area contributed by atoms with Crippen LogP contribution < -0.4 is 20.1 Å². The summed E-state index contributed by atoms with van der Waals surface area (Å²) in [6.45, 7) is 4.28. The molecule has 0 fully saturated rings. The summed E-state index contributed by atoms with van der Waals surface area (Å²) >= 11 is 5.36. The van der Waals surface area contributed by atoms with E-state index in [1.807, 2.05) is 37.3 Å². The molecule has 0 amide bonds. The predicted octanol–water partition coefficient (Wildman–Crippen LogP) is 5.00. The lowest BCUT2D eigenvalue weighted by Gasteiger charge is -2.14. The van der Waals surface area contributed by atoms with E-state index in [4.69, 9.17) is 17.0 Å². The molecule has 3 N–H and O–H groups in total. The minimum Gasteiger partial charge on any atom is -0.494 e. The molecule has 0 aromatic heterocycles. The Kier molecular flexibility index (Phi) is 6.91. The molecule has 0 aliphatic carbocycles. The van der Waals surface area contributed by atoms with Crippen LogP contribution in [0.5, 0.6) is 5.75 Å². The van der Waals surface area contributed by atoms with Crippen LogP contribution in [-0.4, -0.2) is 20.1 Å². The Morgan fingerprint density at radius 1 is 0.900 bits per heavy atom. The highest BCUT2D eigenvalue weighted by molar-refractivity contribution is 7.92. The second-order valence-electron chi connectivity index (χ2n) is 6.49. The standard InChI is InChI=1S/C22H23N3O3S2/c1-3-28-20-13-11-17(12-14-20)23-22(29)24-19-10-9-16(2)21(15-19)30(26,27)25-18-7-5-4-6-8-18/h4-15,25H,3H2,1-2H3,(H2,23,24,29). The zero-order valence-corrected chi connectivity index (χ0v) is 18.3. The minimum absolute atomic E-state index is 0.181. The first kappa shape index (κ1) is 21.6. The second-order valence-corrected chi connectivity index (χ2v) is 8.55. The van der Waals surface area contributed by atoms with Crippen molar-refractivity contribution in [2.24, 2.45) is 0 Å². The van der Waals surface area contributed by atoms with Crippen molar-refractivity contribution in [2.45, 2.75) is 18.7 Å². The third kappa shape index (κ3) is 5.71. The van der Waals surface area contributed by atoms with E-state index in [1.54, 1.807) is 49.4 Å². The quantitative estimate of drug-likeness (QED) is 0.448. The van der Waals surface area contributed by atoms with E-state index in [1.165, 1.54) is 0 Å². The van der Waals surface area contributed by atoms with Gasteiger partial charge in [0.05, 0.1) is 11.5 Å². The maximum Gasteiger partial charge on any atom is 0.262 e. The molecule has 0 saturated carbocycles. The summed E-state index contributed by atoms with van der Waals surface area (Å²) in [7, 11) is -3.74. The van der Waals surface area contributed by atoms with E-state index in [9.17, 15) is 8.42 Å². The van der Waals surface area contributed by atoms with Gasteiger partial charge in [0.2, 0.25) is 0 Å². The lowest BCUT2D eigenvalue weighted by atomic mass is 10.2. The fourth-order valence-corrected chi connectivity index (χ4v) is 4.34. The summed E-state index contributed by atoms with van der Waals surface area (Å²) in [4.78, 5) is 0.181. The number of ether oxygens (including phenoxy) is 1. The molecule has 3 aromatic rings. The molecule has 0 saturated heterocycles. The Morgan fingerprint density at radius 2 is 1.53 bits per heavy atom. The van der Waals surface area contributed by atoms with Gasteiger partial charge in [0, 0.05) is 17.1 Å². The van der Waals surface area contributed by atoms with E-state index in [2.05, 4.69) is 15.4 Å². The topological polar surface area (TPSA) is 79.5 Å². The van der Waals surface area contributed by atoms with E-state index < -0.39 is 10.0 Å². The van der Waals surface area contributed by atoms with Crippen LogP contribution >= 0.6 is 12.2 Å². The first-order valence-electron chi connectivity index (χ1n) is 9.37. The number of aryl methyl sites for hydroxylation is 1. The van der Waals surface area contributed by atoms with Crippen molar-refractivity contribution in [1.29, 1.82) is 0 Å². The normalized spacial score (nSPS) is 10.9. The summed E-state index contributed by atoms with van der Waals surface area (Å²) in [5.74, 6) is 0.779. The number of anilines is 3. The number of para-hydroxylation sites is 1. The molecule has 156 valence electrons. The van der Waals surface area contributed by atoms with Crippen LogP contribution in [0, 0.1) is 6.92 Å². The van der Waals surface area contributed by atoms with Crippen molar-refractivity contribution in [3.63, 3.8) is 0 Å². The van der Waals surface area contributed by atoms with Gasteiger partial charge in [-0.2, -0.15) is 0 Å². The van der Waals surface area contributed by atoms with E-state index in [0.29, 0.717) is 28.7 Å². The molecule has 0 aliphatic rings. The lowest BCUT2D eigenvalue weighted by Crippen LogP contribution is -2.20. The van der Waals surface area contributed by atoms with Crippen molar-refractivity contribution < 1.29 is 13.2 Å². The lowest BCUT2D eigenvalue weighted by molar-refractivity contribution is 0.340. The van der Waals surface area contributed by atoms with Crippen LogP contribution in [0.15, 0.2) is 77.7 Å². The first-order valence-corrected chi connectivity index (χ1v) is 11.3. The Bertz CT molecular complexity index is 1120. The summed E-state index contributed by atoms with van der Waals surface area (Å²) < 4.78 is 33.7. The van der Waals surface area contributed by atoms with Gasteiger partial charge in [-0.05, 0) is 80.2 Å². The number of rotatable bonds is 7. The SMILES string of the molecule is CCOc1ccc(NC(=S)Nc2ccc(C)c(S(=O)(=O)Nc3ccccc3)c2)cc1. The molecule has 30 heavy (non-hydrogen) atoms. The largest absolute Gasteiger partial charge is 0.494 e. The van der Waals surface area contributed by atoms with Crippen LogP contribution in [0.1, 0.15) is 12.5 Å². The number of benzene rings is 3. The Morgan fingerprint density at radius 3 is 2.20 bits per heavy atom. The summed E-state index contributed by atoms with van der Waals surface area (Å²) in [5, 5.41) is 6.45. The molecule has 0 bridgehead atoms. The average Bonchev–Trinajstić information content (AvgIpc) is 2.71. The number of thiocarbonyl (C=S) groups is 1. The molecule has 0 aliphatic heterocycles. The zero-order valence-electron chi connectivity index (χ0n) is 16.7. The number of sulfonamides is 1. The van der Waals surface area contributed by atoms with Gasteiger partial charge in [0.15, 0.2) is 5.11 Å². The molecular weight excluding hydrogens is 418 g/mol. The second kappa shape index (κ2) is 9.60. The molecule has 0 radical (unpaired) electrons. The highest BCUT2D eigenvalue weighted by Crippen LogP contribution is 2.23. The molecule has 0 unspecified atom stereocenters. The fraction of sp³-hybridized carbons (Fsp3) is 0.136. The van der Waals surface area contributed by atoms with Crippen molar-refractivity contribution in [3.05, 3.63) is 78.4 Å². The van der Waals surface area contributed by atoms with Crippen LogP contribution in [-0.2, 0) is 10.0 Å². The first-order chi connectivity index (χ1) is 14.4. The Hall–Kier alpha value is -3.10. The summed E-state index contributed by atoms with van der Waals surface area (Å²) in [6.07, 6.45) is 0. The van der Waals surface area contributed by atoms with Gasteiger partial charge in [0.25, 0.3) is 10.0 Å². The van der Waals surface area contributed by atoms with E-state index in [0.717, 1.165) is 11.4 Å². The third-order valence-electron chi connectivity index (χ3n) is 4.18. The molecule has 0 heterocycles. The molecule has 3 rings (SSSR count). The molecule has 0 atom stereocenters. The van der Waals surface area contributed by atoms with Crippen LogP contribution in [0.25, 0.3) is 0 Å². The molecule has 6 nitrogen and oxygen atoms in total. The number of hydrogen-bond donors (Lipinski definition) is 3. The smallest absolute Gasteiger partial charge is 0.262 e. The average molecular weight is 442 g/mol. The van der Waals surface area contributed by atoms with Gasteiger partial charge in [-0.1, -0.05) is 24.3 Å². The number of hydrogen-bond acceptors (Lipinski definition) is 4. The van der Waals surface area contributed by atoms with Crippen LogP contribution in [0.3, 0.4) is 0 Å². The van der Waals surface area contributed by atoms with Gasteiger partial charge in [-0.3, -0.25) is 4.72 Å². The number of nitrogens with one attached hydrogen (secondary N) is 3. The molecule has 0 spiro atoms. The van der Waals surface area contributed by atoms with E-state index >= 15 is 0 Å². The van der Waals surface area contributed by atoms with E-state index in [-0.39, 0.29) is 4.90 Å². The molecule has 8 heteroatoms. The van der Waals surface area contributed by atoms with Crippen LogP contribution in [0.4, 0.5) is 17.1 Å². The Balaban J connectivity index is 1.72. The maximum absolute atomic E-state index is 12.8.